The number of alkyl halides is 6. The maximum atomic E-state index is 13.0. The number of amides is 1. The number of hydrogen-bond donors (Lipinski definition) is 1. The van der Waals surface area contributed by atoms with Gasteiger partial charge in [-0.1, -0.05) is 36.8 Å². The van der Waals surface area contributed by atoms with Crippen molar-refractivity contribution >= 4 is 6.41 Å². The predicted octanol–water partition coefficient (Wildman–Crippen LogP) is 5.93. The molecule has 2 unspecified atom stereocenters. The molecule has 3 rings (SSSR count). The molecule has 1 aliphatic heterocycles. The van der Waals surface area contributed by atoms with Gasteiger partial charge in [0.2, 0.25) is 6.41 Å². The molecule has 1 N–H and O–H groups in total. The smallest absolute Gasteiger partial charge is 0.377 e. The maximum absolute atomic E-state index is 13.0. The summed E-state index contributed by atoms with van der Waals surface area (Å²) in [6.45, 7) is 0.373. The molecule has 0 saturated carbocycles. The van der Waals surface area contributed by atoms with Crippen LogP contribution in [0.15, 0.2) is 48.5 Å². The van der Waals surface area contributed by atoms with Crippen LogP contribution in [0, 0.1) is 0 Å². The lowest BCUT2D eigenvalue weighted by Crippen LogP contribution is -2.49. The minimum atomic E-state index is -4.91. The molecule has 2 aromatic rings. The van der Waals surface area contributed by atoms with E-state index in [1.165, 1.54) is 0 Å². The van der Waals surface area contributed by atoms with E-state index in [9.17, 15) is 31.1 Å². The van der Waals surface area contributed by atoms with Gasteiger partial charge in [-0.3, -0.25) is 9.69 Å². The number of hydrogen-bond acceptors (Lipinski definition) is 3. The average Bonchev–Trinajstić information content (AvgIpc) is 2.80. The summed E-state index contributed by atoms with van der Waals surface area (Å²) in [4.78, 5) is 13.4. The van der Waals surface area contributed by atoms with Gasteiger partial charge in [-0.15, -0.1) is 0 Å². The average molecular weight is 488 g/mol. The number of likely N-dealkylation sites (tertiary alicyclic amines) is 1. The highest BCUT2D eigenvalue weighted by atomic mass is 19.4. The van der Waals surface area contributed by atoms with Crippen LogP contribution in [0.25, 0.3) is 0 Å². The summed E-state index contributed by atoms with van der Waals surface area (Å²) in [6, 6.07) is 11.3. The molecule has 1 amide bonds. The lowest BCUT2D eigenvalue weighted by molar-refractivity contribution is -0.143. The number of rotatable bonds is 9. The molecule has 10 heteroatoms. The van der Waals surface area contributed by atoms with Crippen LogP contribution >= 0.6 is 0 Å². The van der Waals surface area contributed by atoms with Crippen LogP contribution in [0.4, 0.5) is 26.3 Å². The van der Waals surface area contributed by atoms with Gasteiger partial charge in [0, 0.05) is 19.0 Å². The quantitative estimate of drug-likeness (QED) is 0.270. The Morgan fingerprint density at radius 2 is 1.65 bits per heavy atom. The number of nitrogens with one attached hydrogen (secondary N) is 1. The van der Waals surface area contributed by atoms with Crippen molar-refractivity contribution in [2.24, 2.45) is 0 Å². The largest absolute Gasteiger partial charge is 0.416 e. The van der Waals surface area contributed by atoms with Crippen LogP contribution in [-0.4, -0.2) is 30.6 Å². The molecule has 1 saturated heterocycles. The van der Waals surface area contributed by atoms with E-state index in [1.807, 2.05) is 30.3 Å². The molecule has 1 aliphatic rings. The zero-order valence-electron chi connectivity index (χ0n) is 18.3. The van der Waals surface area contributed by atoms with Gasteiger partial charge in [-0.2, -0.15) is 26.3 Å². The first-order valence-corrected chi connectivity index (χ1v) is 11.0. The van der Waals surface area contributed by atoms with Gasteiger partial charge in [0.05, 0.1) is 30.5 Å². The Kier molecular flexibility index (Phi) is 8.59. The van der Waals surface area contributed by atoms with E-state index in [1.54, 1.807) is 0 Å². The molecule has 1 heterocycles. The molecule has 0 bridgehead atoms. The van der Waals surface area contributed by atoms with Gasteiger partial charge in [0.1, 0.15) is 0 Å². The number of carbonyl (C=O) groups is 1. The van der Waals surface area contributed by atoms with E-state index in [-0.39, 0.29) is 30.4 Å². The number of piperidine rings is 1. The molecule has 0 aliphatic carbocycles. The topological polar surface area (TPSA) is 41.6 Å². The standard InChI is InChI=1S/C24H26F6N2O2/c25-23(26,27)19-12-17(13-20(14-19)24(28,29)30)15-34-11-9-22(31-16-33)32-10-5-4-8-21(32)18-6-2-1-3-7-18/h1-3,6-7,12-14,16,21-22H,4-5,8-11,15H2,(H,31,33). The van der Waals surface area contributed by atoms with Crippen molar-refractivity contribution in [3.05, 3.63) is 70.8 Å². The normalized spacial score (nSPS) is 18.5. The highest BCUT2D eigenvalue weighted by Gasteiger charge is 2.37. The maximum Gasteiger partial charge on any atom is 0.416 e. The molecular formula is C24H26F6N2O2. The van der Waals surface area contributed by atoms with Gasteiger partial charge in [-0.25, -0.2) is 0 Å². The third kappa shape index (κ3) is 6.96. The molecule has 4 nitrogen and oxygen atoms in total. The molecule has 34 heavy (non-hydrogen) atoms. The third-order valence-electron chi connectivity index (χ3n) is 5.84. The van der Waals surface area contributed by atoms with E-state index in [0.717, 1.165) is 31.4 Å². The highest BCUT2D eigenvalue weighted by Crippen LogP contribution is 2.36. The van der Waals surface area contributed by atoms with Crippen LogP contribution in [0.1, 0.15) is 54.0 Å². The summed E-state index contributed by atoms with van der Waals surface area (Å²) in [5, 5.41) is 2.78. The second-order valence-electron chi connectivity index (χ2n) is 8.22. The Labute approximate surface area is 193 Å². The van der Waals surface area contributed by atoms with Gasteiger partial charge < -0.3 is 10.1 Å². The van der Waals surface area contributed by atoms with E-state index >= 15 is 0 Å². The van der Waals surface area contributed by atoms with Crippen molar-refractivity contribution in [2.75, 3.05) is 13.2 Å². The Morgan fingerprint density at radius 3 is 2.24 bits per heavy atom. The number of nitrogens with zero attached hydrogens (tertiary/aromatic N) is 1. The molecular weight excluding hydrogens is 462 g/mol. The summed E-state index contributed by atoms with van der Waals surface area (Å²) < 4.78 is 83.7. The van der Waals surface area contributed by atoms with Crippen LogP contribution in [0.5, 0.6) is 0 Å². The van der Waals surface area contributed by atoms with Crippen molar-refractivity contribution in [2.45, 2.75) is 56.9 Å². The first-order chi connectivity index (χ1) is 16.1. The molecule has 186 valence electrons. The molecule has 2 atom stereocenters. The summed E-state index contributed by atoms with van der Waals surface area (Å²) >= 11 is 0. The Morgan fingerprint density at radius 1 is 1.00 bits per heavy atom. The summed E-state index contributed by atoms with van der Waals surface area (Å²) in [5.74, 6) is 0. The van der Waals surface area contributed by atoms with E-state index < -0.39 is 30.1 Å². The third-order valence-corrected chi connectivity index (χ3v) is 5.84. The number of ether oxygens (including phenoxy) is 1. The Balaban J connectivity index is 1.66. The number of carbonyl (C=O) groups excluding carboxylic acids is 1. The Bertz CT molecular complexity index is 901. The van der Waals surface area contributed by atoms with Gasteiger partial charge in [0.25, 0.3) is 0 Å². The van der Waals surface area contributed by atoms with E-state index in [2.05, 4.69) is 10.2 Å². The van der Waals surface area contributed by atoms with Crippen molar-refractivity contribution in [3.63, 3.8) is 0 Å². The lowest BCUT2D eigenvalue weighted by Gasteiger charge is -2.41. The van der Waals surface area contributed by atoms with Crippen molar-refractivity contribution in [3.8, 4) is 0 Å². The van der Waals surface area contributed by atoms with E-state index in [4.69, 9.17) is 4.74 Å². The molecule has 2 aromatic carbocycles. The van der Waals surface area contributed by atoms with Crippen molar-refractivity contribution < 1.29 is 35.9 Å². The lowest BCUT2D eigenvalue weighted by atomic mass is 9.94. The van der Waals surface area contributed by atoms with E-state index in [0.29, 0.717) is 25.0 Å². The zero-order chi connectivity index (χ0) is 24.8. The summed E-state index contributed by atoms with van der Waals surface area (Å²) in [6.07, 6.45) is -6.38. The zero-order valence-corrected chi connectivity index (χ0v) is 18.3. The molecule has 0 radical (unpaired) electrons. The fraction of sp³-hybridized carbons (Fsp3) is 0.458. The number of benzene rings is 2. The predicted molar refractivity (Wildman–Crippen MR) is 113 cm³/mol. The van der Waals surface area contributed by atoms with Crippen LogP contribution in [-0.2, 0) is 28.5 Å². The summed E-state index contributed by atoms with van der Waals surface area (Å²) in [5.41, 5.74) is -1.85. The van der Waals surface area contributed by atoms with Gasteiger partial charge >= 0.3 is 12.4 Å². The minimum Gasteiger partial charge on any atom is -0.377 e. The SMILES string of the molecule is O=CNC(CCOCc1cc(C(F)(F)F)cc(C(F)(F)F)c1)N1CCCCC1c1ccccc1. The second-order valence-corrected chi connectivity index (χ2v) is 8.22. The van der Waals surface area contributed by atoms with Crippen molar-refractivity contribution in [1.82, 2.24) is 10.2 Å². The van der Waals surface area contributed by atoms with Crippen LogP contribution in [0.2, 0.25) is 0 Å². The first kappa shape index (κ1) is 26.0. The second kappa shape index (κ2) is 11.2. The highest BCUT2D eigenvalue weighted by molar-refractivity contribution is 5.46. The first-order valence-electron chi connectivity index (χ1n) is 11.0. The monoisotopic (exact) mass is 488 g/mol. The van der Waals surface area contributed by atoms with Crippen LogP contribution < -0.4 is 5.32 Å². The van der Waals surface area contributed by atoms with Gasteiger partial charge in [0.15, 0.2) is 0 Å². The fourth-order valence-corrected chi connectivity index (χ4v) is 4.27. The number of halogens is 6. The Hall–Kier alpha value is -2.59. The molecule has 0 aromatic heterocycles. The van der Waals surface area contributed by atoms with Crippen molar-refractivity contribution in [1.29, 1.82) is 0 Å². The summed E-state index contributed by atoms with van der Waals surface area (Å²) in [7, 11) is 0. The minimum absolute atomic E-state index is 0.0428. The van der Waals surface area contributed by atoms with Crippen LogP contribution in [0.3, 0.4) is 0 Å². The molecule has 1 fully saturated rings. The van der Waals surface area contributed by atoms with Gasteiger partial charge in [-0.05, 0) is 42.2 Å². The molecule has 0 spiro atoms. The fourth-order valence-electron chi connectivity index (χ4n) is 4.27.